The Kier molecular flexibility index (Phi) is 11.5. The Morgan fingerprint density at radius 3 is 1.42 bits per heavy atom. The molecule has 1 fully saturated rings. The molecule has 0 N–H and O–H groups in total. The lowest BCUT2D eigenvalue weighted by atomic mass is 10.1. The smallest absolute Gasteiger partial charge is 0.0635 e. The lowest BCUT2D eigenvalue weighted by Crippen LogP contribution is -2.44. The quantitative estimate of drug-likeness (QED) is 0.761. The largest absolute Gasteiger partial charge is 0.305 e. The third kappa shape index (κ3) is 8.96. The highest BCUT2D eigenvalue weighted by atomic mass is 15.2. The van der Waals surface area contributed by atoms with Gasteiger partial charge in [-0.2, -0.15) is 10.5 Å². The second-order valence-corrected chi connectivity index (χ2v) is 7.77. The van der Waals surface area contributed by atoms with Gasteiger partial charge in [0.05, 0.1) is 12.1 Å². The molecule has 26 heavy (non-hydrogen) atoms. The van der Waals surface area contributed by atoms with Crippen LogP contribution in [0.15, 0.2) is 0 Å². The van der Waals surface area contributed by atoms with Crippen LogP contribution < -0.4 is 0 Å². The minimum Gasteiger partial charge on any atom is -0.305 e. The summed E-state index contributed by atoms with van der Waals surface area (Å²) in [6, 6.07) is 5.58. The molecule has 1 rings (SSSR count). The van der Waals surface area contributed by atoms with Crippen LogP contribution >= 0.6 is 0 Å². The first-order valence-corrected chi connectivity index (χ1v) is 10.1. The summed E-state index contributed by atoms with van der Waals surface area (Å²) in [4.78, 5) is 9.76. The van der Waals surface area contributed by atoms with Crippen molar-refractivity contribution >= 4 is 0 Å². The summed E-state index contributed by atoms with van der Waals surface area (Å²) in [5.41, 5.74) is 0. The van der Waals surface area contributed by atoms with Crippen molar-refractivity contribution in [2.24, 2.45) is 0 Å². The van der Waals surface area contributed by atoms with Gasteiger partial charge in [0.1, 0.15) is 0 Å². The highest BCUT2D eigenvalue weighted by Crippen LogP contribution is 2.10. The predicted molar refractivity (Wildman–Crippen MR) is 107 cm³/mol. The van der Waals surface area contributed by atoms with Crippen molar-refractivity contribution in [1.29, 1.82) is 10.5 Å². The molecule has 0 radical (unpaired) electrons. The third-order valence-corrected chi connectivity index (χ3v) is 5.66. The molecular weight excluding hydrogens is 324 g/mol. The van der Waals surface area contributed by atoms with E-state index in [1.54, 1.807) is 0 Å². The Labute approximate surface area is 160 Å². The maximum Gasteiger partial charge on any atom is 0.0635 e. The van der Waals surface area contributed by atoms with Gasteiger partial charge >= 0.3 is 0 Å². The second-order valence-electron chi connectivity index (χ2n) is 7.77. The summed E-state index contributed by atoms with van der Waals surface area (Å²) in [6.07, 6.45) is 3.46. The number of rotatable bonds is 4. The molecule has 1 aliphatic rings. The SMILES string of the molecule is CC1CCN(C)CCN(CCC#N)C(C)CCN(C)CCN1CCC#N. The first kappa shape index (κ1) is 22.9. The average molecular weight is 363 g/mol. The van der Waals surface area contributed by atoms with Gasteiger partial charge in [-0.25, -0.2) is 0 Å². The van der Waals surface area contributed by atoms with E-state index < -0.39 is 0 Å². The fourth-order valence-electron chi connectivity index (χ4n) is 3.49. The molecular formula is C20H38N6. The monoisotopic (exact) mass is 362 g/mol. The maximum absolute atomic E-state index is 8.95. The van der Waals surface area contributed by atoms with Crippen molar-refractivity contribution in [1.82, 2.24) is 19.6 Å². The third-order valence-electron chi connectivity index (χ3n) is 5.66. The summed E-state index contributed by atoms with van der Waals surface area (Å²) in [5.74, 6) is 0. The van der Waals surface area contributed by atoms with Crippen LogP contribution in [0.1, 0.15) is 39.5 Å². The van der Waals surface area contributed by atoms with Gasteiger partial charge in [-0.05, 0) is 53.9 Å². The fourth-order valence-corrected chi connectivity index (χ4v) is 3.49. The summed E-state index contributed by atoms with van der Waals surface area (Å²) in [6.45, 7) is 12.6. The van der Waals surface area contributed by atoms with Crippen LogP contribution in [0.25, 0.3) is 0 Å². The molecule has 0 amide bonds. The average Bonchev–Trinajstić information content (AvgIpc) is 2.63. The summed E-state index contributed by atoms with van der Waals surface area (Å²) >= 11 is 0. The van der Waals surface area contributed by atoms with Crippen LogP contribution in [-0.2, 0) is 0 Å². The number of hydrogen-bond donors (Lipinski definition) is 0. The van der Waals surface area contributed by atoms with Crippen molar-refractivity contribution < 1.29 is 0 Å². The van der Waals surface area contributed by atoms with Crippen LogP contribution in [0.2, 0.25) is 0 Å². The Bertz CT molecular complexity index is 412. The fraction of sp³-hybridized carbons (Fsp3) is 0.900. The van der Waals surface area contributed by atoms with E-state index in [0.717, 1.165) is 65.2 Å². The van der Waals surface area contributed by atoms with Crippen molar-refractivity contribution in [3.63, 3.8) is 0 Å². The normalized spacial score (nSPS) is 26.7. The maximum atomic E-state index is 8.95. The van der Waals surface area contributed by atoms with E-state index in [2.05, 4.69) is 59.7 Å². The zero-order valence-electron chi connectivity index (χ0n) is 17.3. The number of nitrogens with zero attached hydrogens (tertiary/aromatic N) is 6. The van der Waals surface area contributed by atoms with Crippen molar-refractivity contribution in [3.8, 4) is 12.1 Å². The van der Waals surface area contributed by atoms with Crippen LogP contribution in [0.4, 0.5) is 0 Å². The van der Waals surface area contributed by atoms with Crippen LogP contribution in [0.3, 0.4) is 0 Å². The van der Waals surface area contributed by atoms with Crippen LogP contribution in [0.5, 0.6) is 0 Å². The van der Waals surface area contributed by atoms with Gasteiger partial charge in [-0.3, -0.25) is 9.80 Å². The molecule has 1 saturated heterocycles. The van der Waals surface area contributed by atoms with Gasteiger partial charge in [0.15, 0.2) is 0 Å². The van der Waals surface area contributed by atoms with E-state index in [1.165, 1.54) is 0 Å². The predicted octanol–water partition coefficient (Wildman–Crippen LogP) is 1.85. The molecule has 0 spiro atoms. The zero-order chi connectivity index (χ0) is 19.4. The Morgan fingerprint density at radius 2 is 1.08 bits per heavy atom. The van der Waals surface area contributed by atoms with Gasteiger partial charge < -0.3 is 9.80 Å². The molecule has 1 aliphatic heterocycles. The molecule has 0 aromatic heterocycles. The first-order chi connectivity index (χ1) is 12.5. The molecule has 6 heteroatoms. The lowest BCUT2D eigenvalue weighted by Gasteiger charge is -2.35. The molecule has 2 unspecified atom stereocenters. The van der Waals surface area contributed by atoms with Crippen molar-refractivity contribution in [3.05, 3.63) is 0 Å². The lowest BCUT2D eigenvalue weighted by molar-refractivity contribution is 0.132. The summed E-state index contributed by atoms with van der Waals surface area (Å²) in [5, 5.41) is 17.9. The van der Waals surface area contributed by atoms with Crippen molar-refractivity contribution in [2.45, 2.75) is 51.6 Å². The summed E-state index contributed by atoms with van der Waals surface area (Å²) < 4.78 is 0. The van der Waals surface area contributed by atoms with Gasteiger partial charge in [0, 0.05) is 64.2 Å². The molecule has 0 bridgehead atoms. The molecule has 0 aromatic rings. The van der Waals surface area contributed by atoms with E-state index in [9.17, 15) is 0 Å². The highest BCUT2D eigenvalue weighted by molar-refractivity contribution is 4.79. The van der Waals surface area contributed by atoms with E-state index in [1.807, 2.05) is 0 Å². The van der Waals surface area contributed by atoms with E-state index in [-0.39, 0.29) is 0 Å². The standard InChI is InChI=1S/C20H38N6/c1-19-7-13-23(3)16-18-26(12-6-10-22)20(2)8-14-24(4)15-17-25(19)11-5-9-21/h19-20H,5-8,11-18H2,1-4H3. The summed E-state index contributed by atoms with van der Waals surface area (Å²) in [7, 11) is 4.39. The van der Waals surface area contributed by atoms with Crippen molar-refractivity contribution in [2.75, 3.05) is 66.5 Å². The van der Waals surface area contributed by atoms with Crippen LogP contribution in [0, 0.1) is 22.7 Å². The van der Waals surface area contributed by atoms with Gasteiger partial charge in [-0.15, -0.1) is 0 Å². The number of hydrogen-bond acceptors (Lipinski definition) is 6. The Hall–Kier alpha value is -1.18. The van der Waals surface area contributed by atoms with Crippen LogP contribution in [-0.4, -0.2) is 98.1 Å². The minimum atomic E-state index is 0.496. The van der Waals surface area contributed by atoms with Gasteiger partial charge in [0.2, 0.25) is 0 Å². The molecule has 0 aromatic carbocycles. The topological polar surface area (TPSA) is 60.5 Å². The van der Waals surface area contributed by atoms with E-state index >= 15 is 0 Å². The molecule has 0 aliphatic carbocycles. The second kappa shape index (κ2) is 13.1. The molecule has 148 valence electrons. The molecule has 6 nitrogen and oxygen atoms in total. The van der Waals surface area contributed by atoms with Gasteiger partial charge in [0.25, 0.3) is 0 Å². The number of likely N-dealkylation sites (N-methyl/N-ethyl adjacent to an activating group) is 2. The number of nitriles is 2. The van der Waals surface area contributed by atoms with Gasteiger partial charge in [-0.1, -0.05) is 0 Å². The first-order valence-electron chi connectivity index (χ1n) is 10.1. The molecule has 0 saturated carbocycles. The zero-order valence-corrected chi connectivity index (χ0v) is 17.3. The highest BCUT2D eigenvalue weighted by Gasteiger charge is 2.18. The molecule has 1 heterocycles. The molecule has 2 atom stereocenters. The Morgan fingerprint density at radius 1 is 0.692 bits per heavy atom. The van der Waals surface area contributed by atoms with E-state index in [4.69, 9.17) is 10.5 Å². The van der Waals surface area contributed by atoms with E-state index in [0.29, 0.717) is 24.9 Å². The Balaban J connectivity index is 2.72. The minimum absolute atomic E-state index is 0.496.